The van der Waals surface area contributed by atoms with Gasteiger partial charge >= 0.3 is 0 Å². The maximum Gasteiger partial charge on any atom is 0.241 e. The molecule has 0 amide bonds. The molecule has 2 rings (SSSR count). The first kappa shape index (κ1) is 13.0. The quantitative estimate of drug-likeness (QED) is 0.858. The van der Waals surface area contributed by atoms with Gasteiger partial charge in [-0.15, -0.1) is 11.3 Å². The van der Waals surface area contributed by atoms with Crippen molar-refractivity contribution in [3.05, 3.63) is 16.3 Å². The van der Waals surface area contributed by atoms with Crippen LogP contribution in [-0.4, -0.2) is 15.0 Å². The summed E-state index contributed by atoms with van der Waals surface area (Å²) in [5, 5.41) is 1.77. The van der Waals surface area contributed by atoms with Crippen molar-refractivity contribution >= 4 is 21.4 Å². The van der Waals surface area contributed by atoms with E-state index in [-0.39, 0.29) is 6.54 Å². The Hall–Kier alpha value is -0.430. The van der Waals surface area contributed by atoms with Crippen LogP contribution in [0.25, 0.3) is 0 Å². The van der Waals surface area contributed by atoms with Gasteiger partial charge < -0.3 is 5.73 Å². The normalized spacial score (nSPS) is 17.7. The van der Waals surface area contributed by atoms with E-state index in [1.165, 1.54) is 24.2 Å². The average molecular weight is 274 g/mol. The maximum absolute atomic E-state index is 12.1. The first-order chi connectivity index (χ1) is 8.13. The zero-order valence-corrected chi connectivity index (χ0v) is 11.3. The number of hydrogen-bond acceptors (Lipinski definition) is 4. The summed E-state index contributed by atoms with van der Waals surface area (Å²) in [7, 11) is -3.37. The lowest BCUT2D eigenvalue weighted by Crippen LogP contribution is -2.29. The smallest absolute Gasteiger partial charge is 0.241 e. The Morgan fingerprint density at radius 1 is 1.41 bits per heavy atom. The van der Waals surface area contributed by atoms with E-state index in [0.29, 0.717) is 17.4 Å². The summed E-state index contributed by atoms with van der Waals surface area (Å²) in [5.41, 5.74) is 5.53. The van der Waals surface area contributed by atoms with Crippen molar-refractivity contribution in [1.29, 1.82) is 0 Å². The number of hydrogen-bond donors (Lipinski definition) is 2. The molecule has 1 saturated carbocycles. The predicted octanol–water partition coefficient (Wildman–Crippen LogP) is 1.68. The molecule has 1 heterocycles. The highest BCUT2D eigenvalue weighted by molar-refractivity contribution is 7.89. The van der Waals surface area contributed by atoms with Gasteiger partial charge in [-0.1, -0.05) is 12.8 Å². The number of rotatable bonds is 5. The van der Waals surface area contributed by atoms with Crippen LogP contribution >= 0.6 is 11.3 Å². The van der Waals surface area contributed by atoms with Gasteiger partial charge in [0.25, 0.3) is 0 Å². The molecule has 96 valence electrons. The fourth-order valence-electron chi connectivity index (χ4n) is 2.24. The lowest BCUT2D eigenvalue weighted by molar-refractivity contribution is 0.519. The molecule has 1 fully saturated rings. The third kappa shape index (κ3) is 3.07. The van der Waals surface area contributed by atoms with Crippen LogP contribution in [0, 0.1) is 5.92 Å². The van der Waals surface area contributed by atoms with Gasteiger partial charge in [-0.3, -0.25) is 0 Å². The van der Waals surface area contributed by atoms with Crippen LogP contribution in [0.4, 0.5) is 0 Å². The van der Waals surface area contributed by atoms with E-state index in [1.54, 1.807) is 11.4 Å². The minimum atomic E-state index is -3.37. The van der Waals surface area contributed by atoms with Crippen molar-refractivity contribution in [2.75, 3.05) is 6.54 Å². The van der Waals surface area contributed by atoms with Crippen LogP contribution in [0.2, 0.25) is 0 Å². The highest BCUT2D eigenvalue weighted by Gasteiger charge is 2.22. The van der Waals surface area contributed by atoms with E-state index in [0.717, 1.165) is 17.7 Å². The number of nitrogens with one attached hydrogen (secondary N) is 1. The van der Waals surface area contributed by atoms with Gasteiger partial charge in [0.1, 0.15) is 0 Å². The second-order valence-electron chi connectivity index (χ2n) is 4.41. The van der Waals surface area contributed by atoms with Crippen molar-refractivity contribution in [2.45, 2.75) is 37.1 Å². The van der Waals surface area contributed by atoms with Gasteiger partial charge in [0.2, 0.25) is 10.0 Å². The third-order valence-corrected chi connectivity index (χ3v) is 5.80. The molecule has 0 radical (unpaired) electrons. The van der Waals surface area contributed by atoms with Crippen LogP contribution < -0.4 is 10.5 Å². The molecule has 17 heavy (non-hydrogen) atoms. The van der Waals surface area contributed by atoms with E-state index in [9.17, 15) is 8.42 Å². The average Bonchev–Trinajstić information content (AvgIpc) is 2.97. The fourth-order valence-corrected chi connectivity index (χ4v) is 4.69. The van der Waals surface area contributed by atoms with Gasteiger partial charge in [-0.05, 0) is 30.2 Å². The third-order valence-electron chi connectivity index (χ3n) is 3.22. The fraction of sp³-hybridized carbons (Fsp3) is 0.636. The lowest BCUT2D eigenvalue weighted by Gasteiger charge is -2.11. The molecule has 4 nitrogen and oxygen atoms in total. The highest BCUT2D eigenvalue weighted by Crippen LogP contribution is 2.25. The first-order valence-corrected chi connectivity index (χ1v) is 8.26. The molecule has 0 saturated heterocycles. The molecule has 0 unspecified atom stereocenters. The van der Waals surface area contributed by atoms with Crippen molar-refractivity contribution < 1.29 is 8.42 Å². The van der Waals surface area contributed by atoms with Gasteiger partial charge in [0.05, 0.1) is 4.90 Å². The Morgan fingerprint density at radius 3 is 2.76 bits per heavy atom. The molecular formula is C11H18N2O2S2. The molecule has 1 aliphatic rings. The van der Waals surface area contributed by atoms with Crippen LogP contribution in [0.1, 0.15) is 30.6 Å². The monoisotopic (exact) mass is 274 g/mol. The van der Waals surface area contributed by atoms with E-state index in [1.807, 2.05) is 0 Å². The molecule has 1 aliphatic carbocycles. The van der Waals surface area contributed by atoms with Crippen molar-refractivity contribution in [3.63, 3.8) is 0 Å². The van der Waals surface area contributed by atoms with Crippen LogP contribution in [0.3, 0.4) is 0 Å². The molecule has 6 heteroatoms. The summed E-state index contributed by atoms with van der Waals surface area (Å²) in [6.45, 7) is 0.833. The molecule has 3 N–H and O–H groups in total. The van der Waals surface area contributed by atoms with E-state index < -0.39 is 10.0 Å². The zero-order valence-electron chi connectivity index (χ0n) is 9.69. The molecule has 1 aromatic rings. The van der Waals surface area contributed by atoms with Crippen LogP contribution in [0.5, 0.6) is 0 Å². The summed E-state index contributed by atoms with van der Waals surface area (Å²) >= 11 is 1.39. The molecule has 0 aromatic carbocycles. The van der Waals surface area contributed by atoms with Gasteiger partial charge in [-0.25, -0.2) is 13.1 Å². The molecule has 0 aliphatic heterocycles. The van der Waals surface area contributed by atoms with Gasteiger partial charge in [-0.2, -0.15) is 0 Å². The van der Waals surface area contributed by atoms with E-state index >= 15 is 0 Å². The molecule has 1 aromatic heterocycles. The van der Waals surface area contributed by atoms with E-state index in [4.69, 9.17) is 5.73 Å². The number of nitrogens with two attached hydrogens (primary N) is 1. The van der Waals surface area contributed by atoms with Crippen molar-refractivity contribution in [2.24, 2.45) is 11.7 Å². The Labute approximate surface area is 106 Å². The first-order valence-electron chi connectivity index (χ1n) is 5.89. The highest BCUT2D eigenvalue weighted by atomic mass is 32.2. The van der Waals surface area contributed by atoms with Crippen molar-refractivity contribution in [1.82, 2.24) is 4.72 Å². The Balaban J connectivity index is 2.03. The largest absolute Gasteiger partial charge is 0.326 e. The van der Waals surface area contributed by atoms with Gasteiger partial charge in [0.15, 0.2) is 0 Å². The minimum Gasteiger partial charge on any atom is -0.326 e. The SMILES string of the molecule is NCc1sccc1S(=O)(=O)NCC1CCCC1. The number of thiophene rings is 1. The maximum atomic E-state index is 12.1. The topological polar surface area (TPSA) is 72.2 Å². The molecule has 0 bridgehead atoms. The number of sulfonamides is 1. The van der Waals surface area contributed by atoms with Crippen molar-refractivity contribution in [3.8, 4) is 0 Å². The second kappa shape index (κ2) is 5.48. The lowest BCUT2D eigenvalue weighted by atomic mass is 10.1. The van der Waals surface area contributed by atoms with Gasteiger partial charge in [0, 0.05) is 18.0 Å². The second-order valence-corrected chi connectivity index (χ2v) is 7.15. The summed E-state index contributed by atoms with van der Waals surface area (Å²) in [5.74, 6) is 0.504. The van der Waals surface area contributed by atoms with Crippen LogP contribution in [-0.2, 0) is 16.6 Å². The minimum absolute atomic E-state index is 0.275. The summed E-state index contributed by atoms with van der Waals surface area (Å²) in [6, 6.07) is 1.63. The molecule has 0 spiro atoms. The Kier molecular flexibility index (Phi) is 4.19. The Bertz CT molecular complexity index is 462. The molecule has 0 atom stereocenters. The molecular weight excluding hydrogens is 256 g/mol. The van der Waals surface area contributed by atoms with Crippen LogP contribution in [0.15, 0.2) is 16.3 Å². The summed E-state index contributed by atoms with van der Waals surface area (Å²) < 4.78 is 26.8. The Morgan fingerprint density at radius 2 is 2.12 bits per heavy atom. The zero-order chi connectivity index (χ0) is 12.3. The standard InChI is InChI=1S/C11H18N2O2S2/c12-7-10-11(5-6-16-10)17(14,15)13-8-9-3-1-2-4-9/h5-6,9,13H,1-4,7-8,12H2. The van der Waals surface area contributed by atoms with E-state index in [2.05, 4.69) is 4.72 Å². The summed E-state index contributed by atoms with van der Waals surface area (Å²) in [4.78, 5) is 1.08. The predicted molar refractivity (Wildman–Crippen MR) is 69.4 cm³/mol. The summed E-state index contributed by atoms with van der Waals surface area (Å²) in [6.07, 6.45) is 4.71.